The third-order valence-corrected chi connectivity index (χ3v) is 7.39. The molecule has 2 N–H and O–H groups in total. The van der Waals surface area contributed by atoms with E-state index in [1.807, 2.05) is 28.2 Å². The molecule has 0 fully saturated rings. The Hall–Kier alpha value is -0.553. The second-order valence-electron chi connectivity index (χ2n) is 8.48. The van der Waals surface area contributed by atoms with Gasteiger partial charge in [-0.05, 0) is 45.9 Å². The van der Waals surface area contributed by atoms with Crippen molar-refractivity contribution in [2.24, 2.45) is 11.3 Å². The number of fused-ring (bicyclic) bond motifs is 1. The molecule has 0 aliphatic heterocycles. The van der Waals surface area contributed by atoms with Gasteiger partial charge in [0.2, 0.25) is 0 Å². The van der Waals surface area contributed by atoms with Crippen LogP contribution in [0.25, 0.3) is 0 Å². The summed E-state index contributed by atoms with van der Waals surface area (Å²) in [5, 5.41) is 7.15. The van der Waals surface area contributed by atoms with Gasteiger partial charge < -0.3 is 10.6 Å². The fourth-order valence-electron chi connectivity index (χ4n) is 4.28. The first-order valence-corrected chi connectivity index (χ1v) is 12.9. The van der Waals surface area contributed by atoms with Crippen LogP contribution in [-0.2, 0) is 25.8 Å². The van der Waals surface area contributed by atoms with Gasteiger partial charge in [0.1, 0.15) is 0 Å². The average molecular weight is 576 g/mol. The Morgan fingerprint density at radius 2 is 1.59 bits per heavy atom. The van der Waals surface area contributed by atoms with Gasteiger partial charge >= 0.3 is 0 Å². The molecular weight excluding hydrogens is 535 g/mol. The van der Waals surface area contributed by atoms with Crippen LogP contribution >= 0.6 is 0 Å². The first-order chi connectivity index (χ1) is 13.2. The zero-order valence-corrected chi connectivity index (χ0v) is 24.8. The van der Waals surface area contributed by atoms with Crippen LogP contribution in [0.2, 0.25) is 13.1 Å². The Morgan fingerprint density at radius 3 is 2.03 bits per heavy atom. The predicted octanol–water partition coefficient (Wildman–Crippen LogP) is 5.11. The van der Waals surface area contributed by atoms with E-state index in [9.17, 15) is 0 Å². The van der Waals surface area contributed by atoms with Gasteiger partial charge in [-0.15, -0.1) is 52.5 Å². The van der Waals surface area contributed by atoms with Crippen molar-refractivity contribution in [3.05, 3.63) is 64.7 Å². The van der Waals surface area contributed by atoms with Crippen LogP contribution in [0.1, 0.15) is 34.1 Å². The van der Waals surface area contributed by atoms with Crippen LogP contribution in [0.5, 0.6) is 0 Å². The molecule has 0 aromatic heterocycles. The van der Waals surface area contributed by atoms with E-state index in [1.54, 1.807) is 22.2 Å². The van der Waals surface area contributed by atoms with Gasteiger partial charge in [0.05, 0.1) is 0 Å². The standard InChI is InChI=1S/C21H27Si.2C2H7N.Hf/c1-14-18(22(5)6)13-9-12-17-19(14)15(2)21(3,4)20(17)16-10-7-8-11-16;2*1-3-2;/h7-10,12-14H,11H2,1-6H3;2*3H,1-2H3;/q-1;;;. The summed E-state index contributed by atoms with van der Waals surface area (Å²) in [7, 11) is 7.09. The monoisotopic (exact) mass is 577 g/mol. The van der Waals surface area contributed by atoms with Gasteiger partial charge in [-0.2, -0.15) is 0 Å². The number of hydrogen-bond donors (Lipinski definition) is 2. The second kappa shape index (κ2) is 13.0. The van der Waals surface area contributed by atoms with Crippen molar-refractivity contribution in [1.29, 1.82) is 0 Å². The van der Waals surface area contributed by atoms with Crippen molar-refractivity contribution < 1.29 is 25.8 Å². The molecule has 4 heteroatoms. The van der Waals surface area contributed by atoms with Gasteiger partial charge in [-0.3, -0.25) is 0 Å². The summed E-state index contributed by atoms with van der Waals surface area (Å²) in [5.74, 6) is 2.12. The summed E-state index contributed by atoms with van der Waals surface area (Å²) in [6.07, 6.45) is 14.9. The largest absolute Gasteiger partial charge is 0.323 e. The second-order valence-corrected chi connectivity index (χ2v) is 11.1. The minimum atomic E-state index is -0.414. The fraction of sp³-hybridized carbons (Fsp3) is 0.520. The van der Waals surface area contributed by atoms with E-state index in [4.69, 9.17) is 0 Å². The van der Waals surface area contributed by atoms with E-state index >= 15 is 0 Å². The molecule has 0 heterocycles. The van der Waals surface area contributed by atoms with E-state index in [0.29, 0.717) is 5.92 Å². The van der Waals surface area contributed by atoms with Crippen molar-refractivity contribution in [2.75, 3.05) is 28.2 Å². The molecule has 3 aliphatic carbocycles. The van der Waals surface area contributed by atoms with Crippen LogP contribution in [-0.4, -0.2) is 41.8 Å². The zero-order valence-electron chi connectivity index (χ0n) is 20.2. The molecular formula is C25H41HfN2Si-. The molecule has 0 radical (unpaired) electrons. The van der Waals surface area contributed by atoms with Gasteiger partial charge in [0.25, 0.3) is 0 Å². The molecule has 1 atom stereocenters. The van der Waals surface area contributed by atoms with E-state index in [2.05, 4.69) is 87.9 Å². The van der Waals surface area contributed by atoms with E-state index in [0.717, 1.165) is 6.42 Å². The van der Waals surface area contributed by atoms with Crippen molar-refractivity contribution in [2.45, 2.75) is 47.2 Å². The van der Waals surface area contributed by atoms with Crippen LogP contribution in [0, 0.1) is 17.3 Å². The molecule has 3 rings (SSSR count). The Balaban J connectivity index is 0.00000100. The van der Waals surface area contributed by atoms with Crippen LogP contribution in [0.3, 0.4) is 0 Å². The number of rotatable bonds is 1. The minimum absolute atomic E-state index is 0. The van der Waals surface area contributed by atoms with Crippen LogP contribution < -0.4 is 10.6 Å². The SMILES string of the molecule is CC1=C2C(=CC=CC(=[Si](C)C)C2C)[C-](C2=CC=CC2)C1(C)C.CNC.CNC.[Hf]. The summed E-state index contributed by atoms with van der Waals surface area (Å²) >= 11 is 0. The smallest absolute Gasteiger partial charge is 0.00718 e. The Labute approximate surface area is 200 Å². The third kappa shape index (κ3) is 6.46. The predicted molar refractivity (Wildman–Crippen MR) is 130 cm³/mol. The Kier molecular flexibility index (Phi) is 12.7. The molecule has 29 heavy (non-hydrogen) atoms. The average Bonchev–Trinajstić information content (AvgIpc) is 3.13. The molecule has 3 aliphatic rings. The summed E-state index contributed by atoms with van der Waals surface area (Å²) in [4.78, 5) is 0. The van der Waals surface area contributed by atoms with Gasteiger partial charge in [-0.25, -0.2) is 0 Å². The fourth-order valence-corrected chi connectivity index (χ4v) is 5.72. The Morgan fingerprint density at radius 1 is 1.03 bits per heavy atom. The number of allylic oxidation sites excluding steroid dienone is 10. The topological polar surface area (TPSA) is 24.1 Å². The van der Waals surface area contributed by atoms with E-state index < -0.39 is 8.41 Å². The van der Waals surface area contributed by atoms with Crippen molar-refractivity contribution >= 4 is 13.6 Å². The van der Waals surface area contributed by atoms with Crippen LogP contribution in [0.15, 0.2) is 58.7 Å². The number of hydrogen-bond acceptors (Lipinski definition) is 2. The molecule has 1 unspecified atom stereocenters. The maximum Gasteiger partial charge on any atom is 0.00718 e. The van der Waals surface area contributed by atoms with Gasteiger partial charge in [0.15, 0.2) is 0 Å². The summed E-state index contributed by atoms with van der Waals surface area (Å²) in [6.45, 7) is 14.4. The maximum absolute atomic E-state index is 2.75. The van der Waals surface area contributed by atoms with Crippen molar-refractivity contribution in [3.8, 4) is 0 Å². The molecule has 0 saturated heterocycles. The minimum Gasteiger partial charge on any atom is -0.323 e. The Bertz CT molecular complexity index is 730. The van der Waals surface area contributed by atoms with Crippen molar-refractivity contribution in [1.82, 2.24) is 10.6 Å². The molecule has 0 aromatic carbocycles. The quantitative estimate of drug-likeness (QED) is 0.335. The molecule has 0 saturated carbocycles. The summed E-state index contributed by atoms with van der Waals surface area (Å²) in [5.41, 5.74) is 6.32. The van der Waals surface area contributed by atoms with Crippen LogP contribution in [0.4, 0.5) is 0 Å². The first-order valence-electron chi connectivity index (χ1n) is 10.4. The first kappa shape index (κ1) is 28.4. The molecule has 0 spiro atoms. The summed E-state index contributed by atoms with van der Waals surface area (Å²) < 4.78 is 0. The molecule has 0 bridgehead atoms. The molecule has 160 valence electrons. The van der Waals surface area contributed by atoms with E-state index in [1.165, 1.54) is 11.1 Å². The molecule has 0 amide bonds. The zero-order chi connectivity index (χ0) is 21.5. The third-order valence-electron chi connectivity index (χ3n) is 5.63. The van der Waals surface area contributed by atoms with Gasteiger partial charge in [-0.1, -0.05) is 58.1 Å². The van der Waals surface area contributed by atoms with Gasteiger partial charge in [0, 0.05) is 34.3 Å². The maximum atomic E-state index is 2.75. The molecule has 0 aromatic rings. The normalized spacial score (nSPS) is 21.1. The summed E-state index contributed by atoms with van der Waals surface area (Å²) in [6, 6.07) is 0. The van der Waals surface area contributed by atoms with E-state index in [-0.39, 0.29) is 31.3 Å². The van der Waals surface area contributed by atoms with Crippen molar-refractivity contribution in [3.63, 3.8) is 0 Å². The number of nitrogens with one attached hydrogen (secondary N) is 2. The molecule has 2 nitrogen and oxygen atoms in total.